The largest absolute Gasteiger partial charge is 0.223 e. The molecule has 0 spiro atoms. The molecule has 0 aliphatic rings. The summed E-state index contributed by atoms with van der Waals surface area (Å²) in [6.07, 6.45) is 0. The van der Waals surface area contributed by atoms with E-state index in [1.165, 1.54) is 30.3 Å². The molecule has 3 aromatic rings. The lowest BCUT2D eigenvalue weighted by Gasteiger charge is -2.10. The molecule has 0 bridgehead atoms. The lowest BCUT2D eigenvalue weighted by Crippen LogP contribution is -2.07. The first kappa shape index (κ1) is 15.9. The van der Waals surface area contributed by atoms with Gasteiger partial charge in [-0.1, -0.05) is 41.9 Å². The Labute approximate surface area is 137 Å². The second-order valence-corrected chi connectivity index (χ2v) is 7.48. The van der Waals surface area contributed by atoms with E-state index >= 15 is 0 Å². The van der Waals surface area contributed by atoms with Crippen molar-refractivity contribution >= 4 is 32.2 Å². The highest BCUT2D eigenvalue weighted by atomic mass is 35.5. The molecular formula is C17H11ClF2O2S. The molecule has 0 unspecified atom stereocenters. The monoisotopic (exact) mass is 352 g/mol. The van der Waals surface area contributed by atoms with Gasteiger partial charge in [0.2, 0.25) is 0 Å². The molecule has 3 rings (SSSR count). The number of hydrogen-bond donors (Lipinski definition) is 0. The van der Waals surface area contributed by atoms with Crippen molar-refractivity contribution < 1.29 is 17.2 Å². The maximum Gasteiger partial charge on any atom is 0.183 e. The summed E-state index contributed by atoms with van der Waals surface area (Å²) in [5, 5.41) is 0.683. The van der Waals surface area contributed by atoms with Crippen molar-refractivity contribution in [2.45, 2.75) is 10.6 Å². The van der Waals surface area contributed by atoms with Gasteiger partial charge in [-0.05, 0) is 24.3 Å². The molecule has 0 heterocycles. The molecule has 0 saturated carbocycles. The molecule has 0 amide bonds. The zero-order chi connectivity index (χ0) is 16.6. The van der Waals surface area contributed by atoms with E-state index in [0.29, 0.717) is 0 Å². The fourth-order valence-corrected chi connectivity index (χ4v) is 4.17. The van der Waals surface area contributed by atoms with Crippen LogP contribution >= 0.6 is 11.6 Å². The van der Waals surface area contributed by atoms with Crippen molar-refractivity contribution in [1.29, 1.82) is 0 Å². The van der Waals surface area contributed by atoms with Gasteiger partial charge in [-0.2, -0.15) is 0 Å². The molecule has 0 atom stereocenters. The van der Waals surface area contributed by atoms with E-state index in [1.807, 2.05) is 0 Å². The summed E-state index contributed by atoms with van der Waals surface area (Å²) in [5.41, 5.74) is 0.0165. The van der Waals surface area contributed by atoms with Crippen molar-refractivity contribution in [3.05, 3.63) is 76.8 Å². The molecule has 0 aliphatic heterocycles. The fourth-order valence-electron chi connectivity index (χ4n) is 2.43. The number of rotatable bonds is 3. The average Bonchev–Trinajstić information content (AvgIpc) is 2.50. The minimum Gasteiger partial charge on any atom is -0.223 e. The Morgan fingerprint density at radius 1 is 0.870 bits per heavy atom. The van der Waals surface area contributed by atoms with Crippen molar-refractivity contribution in [1.82, 2.24) is 0 Å². The SMILES string of the molecule is O=S(=O)(Cc1ccc(Cl)cc1F)c1ccc(F)c2ccccc12. The van der Waals surface area contributed by atoms with Gasteiger partial charge in [-0.3, -0.25) is 0 Å². The maximum atomic E-state index is 13.9. The molecule has 23 heavy (non-hydrogen) atoms. The molecule has 0 radical (unpaired) electrons. The first-order valence-corrected chi connectivity index (χ1v) is 8.75. The second-order valence-electron chi connectivity index (χ2n) is 5.09. The normalized spacial score (nSPS) is 11.8. The van der Waals surface area contributed by atoms with Crippen LogP contribution in [0.2, 0.25) is 5.02 Å². The fraction of sp³-hybridized carbons (Fsp3) is 0.0588. The summed E-state index contributed by atoms with van der Waals surface area (Å²) in [7, 11) is -3.84. The number of hydrogen-bond acceptors (Lipinski definition) is 2. The predicted molar refractivity (Wildman–Crippen MR) is 86.2 cm³/mol. The highest BCUT2D eigenvalue weighted by Crippen LogP contribution is 2.28. The lowest BCUT2D eigenvalue weighted by atomic mass is 10.1. The van der Waals surface area contributed by atoms with Crippen LogP contribution in [0.4, 0.5) is 8.78 Å². The van der Waals surface area contributed by atoms with Gasteiger partial charge in [0, 0.05) is 21.4 Å². The van der Waals surface area contributed by atoms with Gasteiger partial charge in [0.15, 0.2) is 9.84 Å². The lowest BCUT2D eigenvalue weighted by molar-refractivity contribution is 0.587. The van der Waals surface area contributed by atoms with Crippen molar-refractivity contribution in [3.8, 4) is 0 Å². The Kier molecular flexibility index (Phi) is 4.08. The third kappa shape index (κ3) is 3.07. The van der Waals surface area contributed by atoms with Crippen LogP contribution in [0.5, 0.6) is 0 Å². The van der Waals surface area contributed by atoms with Gasteiger partial charge in [0.1, 0.15) is 11.6 Å². The molecule has 3 aromatic carbocycles. The van der Waals surface area contributed by atoms with Crippen LogP contribution in [0.1, 0.15) is 5.56 Å². The van der Waals surface area contributed by atoms with Gasteiger partial charge in [0.25, 0.3) is 0 Å². The molecule has 0 aliphatic carbocycles. The highest BCUT2D eigenvalue weighted by Gasteiger charge is 2.21. The Morgan fingerprint density at radius 2 is 1.57 bits per heavy atom. The number of sulfone groups is 1. The van der Waals surface area contributed by atoms with E-state index in [9.17, 15) is 17.2 Å². The summed E-state index contributed by atoms with van der Waals surface area (Å²) in [6, 6.07) is 12.4. The van der Waals surface area contributed by atoms with E-state index in [-0.39, 0.29) is 26.3 Å². The minimum absolute atomic E-state index is 0.0165. The Balaban J connectivity index is 2.12. The van der Waals surface area contributed by atoms with E-state index in [4.69, 9.17) is 11.6 Å². The quantitative estimate of drug-likeness (QED) is 0.638. The second kappa shape index (κ2) is 5.91. The molecule has 0 N–H and O–H groups in total. The van der Waals surface area contributed by atoms with Gasteiger partial charge in [-0.15, -0.1) is 0 Å². The molecule has 0 aromatic heterocycles. The smallest absolute Gasteiger partial charge is 0.183 e. The molecule has 6 heteroatoms. The zero-order valence-electron chi connectivity index (χ0n) is 11.8. The van der Waals surface area contributed by atoms with Crippen molar-refractivity contribution in [3.63, 3.8) is 0 Å². The van der Waals surface area contributed by atoms with Crippen LogP contribution in [0.15, 0.2) is 59.5 Å². The topological polar surface area (TPSA) is 34.1 Å². The molecule has 118 valence electrons. The van der Waals surface area contributed by atoms with Crippen molar-refractivity contribution in [2.75, 3.05) is 0 Å². The highest BCUT2D eigenvalue weighted by molar-refractivity contribution is 7.90. The summed E-state index contributed by atoms with van der Waals surface area (Å²) < 4.78 is 53.0. The standard InChI is InChI=1S/C17H11ClF2O2S/c18-12-6-5-11(16(20)9-12)10-23(21,22)17-8-7-15(19)13-3-1-2-4-14(13)17/h1-9H,10H2. The number of benzene rings is 3. The molecule has 0 fully saturated rings. The first-order chi connectivity index (χ1) is 10.9. The Bertz CT molecular complexity index is 1000. The van der Waals surface area contributed by atoms with E-state index in [2.05, 4.69) is 0 Å². The van der Waals surface area contributed by atoms with Crippen LogP contribution in [-0.2, 0) is 15.6 Å². The van der Waals surface area contributed by atoms with E-state index < -0.39 is 27.2 Å². The number of halogens is 3. The van der Waals surface area contributed by atoms with Gasteiger partial charge >= 0.3 is 0 Å². The van der Waals surface area contributed by atoms with Crippen LogP contribution in [0.3, 0.4) is 0 Å². The Morgan fingerprint density at radius 3 is 2.26 bits per heavy atom. The third-order valence-corrected chi connectivity index (χ3v) is 5.48. The van der Waals surface area contributed by atoms with Crippen LogP contribution in [-0.4, -0.2) is 8.42 Å². The molecule has 0 saturated heterocycles. The van der Waals surface area contributed by atoms with Gasteiger partial charge in [0.05, 0.1) is 10.6 Å². The van der Waals surface area contributed by atoms with Crippen LogP contribution in [0.25, 0.3) is 10.8 Å². The summed E-state index contributed by atoms with van der Waals surface area (Å²) in [4.78, 5) is -0.0242. The maximum absolute atomic E-state index is 13.9. The van der Waals surface area contributed by atoms with Gasteiger partial charge < -0.3 is 0 Å². The van der Waals surface area contributed by atoms with E-state index in [0.717, 1.165) is 12.1 Å². The van der Waals surface area contributed by atoms with Crippen LogP contribution < -0.4 is 0 Å². The summed E-state index contributed by atoms with van der Waals surface area (Å²) >= 11 is 5.67. The Hall–Kier alpha value is -1.98. The summed E-state index contributed by atoms with van der Waals surface area (Å²) in [5.74, 6) is -1.71. The zero-order valence-corrected chi connectivity index (χ0v) is 13.3. The number of fused-ring (bicyclic) bond motifs is 1. The third-order valence-electron chi connectivity index (χ3n) is 3.53. The molecular weight excluding hydrogens is 342 g/mol. The summed E-state index contributed by atoms with van der Waals surface area (Å²) in [6.45, 7) is 0. The molecule has 2 nitrogen and oxygen atoms in total. The van der Waals surface area contributed by atoms with Crippen LogP contribution in [0, 0.1) is 11.6 Å². The average molecular weight is 353 g/mol. The van der Waals surface area contributed by atoms with Crippen molar-refractivity contribution in [2.24, 2.45) is 0 Å². The predicted octanol–water partition coefficient (Wildman–Crippen LogP) is 4.75. The van der Waals surface area contributed by atoms with Gasteiger partial charge in [-0.25, -0.2) is 17.2 Å². The van der Waals surface area contributed by atoms with E-state index in [1.54, 1.807) is 12.1 Å². The minimum atomic E-state index is -3.84. The first-order valence-electron chi connectivity index (χ1n) is 6.72.